The molecule has 0 atom stereocenters. The number of nitrogens with zero attached hydrogens (tertiary/aromatic N) is 4. The number of rotatable bonds is 5. The Morgan fingerprint density at radius 2 is 1.02 bits per heavy atom. The third-order valence-electron chi connectivity index (χ3n) is 8.23. The molecule has 1 aromatic heterocycles. The second kappa shape index (κ2) is 10.9. The summed E-state index contributed by atoms with van der Waals surface area (Å²) >= 11 is 0. The van der Waals surface area contributed by atoms with E-state index in [1.165, 1.54) is 61.3 Å². The second-order valence-electron chi connectivity index (χ2n) is 11.6. The van der Waals surface area contributed by atoms with E-state index in [9.17, 15) is 0 Å². The summed E-state index contributed by atoms with van der Waals surface area (Å²) in [4.78, 5) is 16.8. The molecule has 208 valence electrons. The van der Waals surface area contributed by atoms with E-state index in [0.717, 1.165) is 28.5 Å². The Morgan fingerprint density at radius 1 is 0.488 bits per heavy atom. The molecule has 5 aromatic rings. The van der Waals surface area contributed by atoms with Gasteiger partial charge in [0.15, 0.2) is 11.6 Å². The van der Waals surface area contributed by atoms with Crippen LogP contribution < -0.4 is 4.90 Å². The molecule has 0 aliphatic carbocycles. The minimum atomic E-state index is 0.712. The van der Waals surface area contributed by atoms with Crippen LogP contribution in [0.5, 0.6) is 0 Å². The van der Waals surface area contributed by atoms with Crippen molar-refractivity contribution in [2.75, 3.05) is 11.9 Å². The quantitative estimate of drug-likeness (QED) is 0.223. The zero-order valence-electron chi connectivity index (χ0n) is 26.1. The molecule has 0 aliphatic heterocycles. The lowest BCUT2D eigenvalue weighted by molar-refractivity contribution is 0.985. The Hall–Kier alpha value is -4.31. The molecule has 0 fully saturated rings. The van der Waals surface area contributed by atoms with Crippen LogP contribution in [0.1, 0.15) is 50.3 Å². The largest absolute Gasteiger partial charge is 0.344 e. The van der Waals surface area contributed by atoms with Crippen LogP contribution in [-0.4, -0.2) is 22.0 Å². The Balaban J connectivity index is 1.50. The molecular weight excluding hydrogens is 500 g/mol. The average molecular weight is 541 g/mol. The Kier molecular flexibility index (Phi) is 7.52. The predicted molar refractivity (Wildman–Crippen MR) is 173 cm³/mol. The first-order valence-corrected chi connectivity index (χ1v) is 14.3. The van der Waals surface area contributed by atoms with Crippen molar-refractivity contribution in [3.63, 3.8) is 0 Å². The monoisotopic (exact) mass is 540 g/mol. The van der Waals surface area contributed by atoms with Gasteiger partial charge in [0.1, 0.15) is 5.82 Å². The molecule has 0 radical (unpaired) electrons. The van der Waals surface area contributed by atoms with Gasteiger partial charge in [0.05, 0.1) is 0 Å². The fourth-order valence-corrected chi connectivity index (χ4v) is 6.04. The molecule has 0 saturated carbocycles. The van der Waals surface area contributed by atoms with Crippen molar-refractivity contribution in [3.05, 3.63) is 111 Å². The van der Waals surface area contributed by atoms with E-state index in [0.29, 0.717) is 5.82 Å². The molecule has 4 heteroatoms. The third kappa shape index (κ3) is 5.52. The highest BCUT2D eigenvalue weighted by Crippen LogP contribution is 2.36. The summed E-state index contributed by atoms with van der Waals surface area (Å²) in [5.41, 5.74) is 16.8. The number of benzene rings is 4. The van der Waals surface area contributed by atoms with E-state index in [2.05, 4.69) is 128 Å². The van der Waals surface area contributed by atoms with E-state index in [1.54, 1.807) is 0 Å². The molecule has 0 N–H and O–H groups in total. The number of anilines is 2. The lowest BCUT2D eigenvalue weighted by Crippen LogP contribution is -2.13. The highest BCUT2D eigenvalue weighted by atomic mass is 15.1. The SMILES string of the molecule is Cc1cc(C)cc(-c2ccc(N(C)c3c(C)cc(-c4nc(C)nc(-c5c(C)c(C)cc(C)c5C)n4)cc3C)cc2)c1. The Labute approximate surface area is 245 Å². The first kappa shape index (κ1) is 28.2. The van der Waals surface area contributed by atoms with E-state index in [-0.39, 0.29) is 0 Å². The minimum absolute atomic E-state index is 0.712. The second-order valence-corrected chi connectivity index (χ2v) is 11.6. The van der Waals surface area contributed by atoms with Gasteiger partial charge in [-0.1, -0.05) is 47.5 Å². The van der Waals surface area contributed by atoms with E-state index >= 15 is 0 Å². The molecular formula is C37H40N4. The summed E-state index contributed by atoms with van der Waals surface area (Å²) < 4.78 is 0. The maximum Gasteiger partial charge on any atom is 0.164 e. The molecule has 4 aromatic carbocycles. The van der Waals surface area contributed by atoms with Gasteiger partial charge >= 0.3 is 0 Å². The minimum Gasteiger partial charge on any atom is -0.344 e. The van der Waals surface area contributed by atoms with Gasteiger partial charge in [-0.05, 0) is 131 Å². The molecule has 0 spiro atoms. The highest BCUT2D eigenvalue weighted by Gasteiger charge is 2.18. The summed E-state index contributed by atoms with van der Waals surface area (Å²) in [6.07, 6.45) is 0. The lowest BCUT2D eigenvalue weighted by Gasteiger charge is -2.25. The van der Waals surface area contributed by atoms with Gasteiger partial charge in [0.2, 0.25) is 0 Å². The topological polar surface area (TPSA) is 41.9 Å². The molecule has 5 rings (SSSR count). The lowest BCUT2D eigenvalue weighted by atomic mass is 9.93. The fourth-order valence-electron chi connectivity index (χ4n) is 6.04. The molecule has 0 aliphatic rings. The molecule has 0 unspecified atom stereocenters. The smallest absolute Gasteiger partial charge is 0.164 e. The van der Waals surface area contributed by atoms with Crippen molar-refractivity contribution in [2.45, 2.75) is 62.3 Å². The predicted octanol–water partition coefficient (Wildman–Crippen LogP) is 9.42. The van der Waals surface area contributed by atoms with Crippen LogP contribution in [0.4, 0.5) is 11.4 Å². The first-order valence-electron chi connectivity index (χ1n) is 14.3. The highest BCUT2D eigenvalue weighted by molar-refractivity contribution is 5.76. The Bertz CT molecular complexity index is 1710. The van der Waals surface area contributed by atoms with E-state index in [1.807, 2.05) is 6.92 Å². The molecule has 41 heavy (non-hydrogen) atoms. The van der Waals surface area contributed by atoms with Gasteiger partial charge in [-0.2, -0.15) is 0 Å². The maximum atomic E-state index is 5.01. The summed E-state index contributed by atoms with van der Waals surface area (Å²) in [6.45, 7) is 19.2. The summed E-state index contributed by atoms with van der Waals surface area (Å²) in [6, 6.07) is 22.2. The maximum absolute atomic E-state index is 5.01. The molecule has 0 amide bonds. The summed E-state index contributed by atoms with van der Waals surface area (Å²) in [5, 5.41) is 0. The van der Waals surface area contributed by atoms with E-state index < -0.39 is 0 Å². The molecule has 1 heterocycles. The first-order chi connectivity index (χ1) is 19.4. The van der Waals surface area contributed by atoms with Crippen LogP contribution in [0.15, 0.2) is 60.7 Å². The number of aromatic nitrogens is 3. The van der Waals surface area contributed by atoms with Crippen molar-refractivity contribution in [1.29, 1.82) is 0 Å². The van der Waals surface area contributed by atoms with Crippen molar-refractivity contribution in [2.24, 2.45) is 0 Å². The van der Waals surface area contributed by atoms with Crippen LogP contribution in [0, 0.1) is 62.3 Å². The third-order valence-corrected chi connectivity index (χ3v) is 8.23. The van der Waals surface area contributed by atoms with Crippen LogP contribution in [0.25, 0.3) is 33.9 Å². The normalized spacial score (nSPS) is 11.2. The van der Waals surface area contributed by atoms with Crippen LogP contribution in [-0.2, 0) is 0 Å². The average Bonchev–Trinajstić information content (AvgIpc) is 2.91. The molecule has 4 nitrogen and oxygen atoms in total. The van der Waals surface area contributed by atoms with Crippen molar-refractivity contribution < 1.29 is 0 Å². The summed E-state index contributed by atoms with van der Waals surface area (Å²) in [5.74, 6) is 2.18. The number of hydrogen-bond donors (Lipinski definition) is 0. The Morgan fingerprint density at radius 3 is 1.59 bits per heavy atom. The molecule has 0 bridgehead atoms. The zero-order chi connectivity index (χ0) is 29.6. The van der Waals surface area contributed by atoms with Gasteiger partial charge in [0, 0.05) is 29.5 Å². The number of aryl methyl sites for hydroxylation is 7. The van der Waals surface area contributed by atoms with Gasteiger partial charge in [-0.25, -0.2) is 15.0 Å². The van der Waals surface area contributed by atoms with Crippen LogP contribution in [0.2, 0.25) is 0 Å². The van der Waals surface area contributed by atoms with Gasteiger partial charge in [-0.3, -0.25) is 0 Å². The summed E-state index contributed by atoms with van der Waals surface area (Å²) in [7, 11) is 2.14. The van der Waals surface area contributed by atoms with Gasteiger partial charge in [-0.15, -0.1) is 0 Å². The standard InChI is InChI=1S/C37H40N4/c1-21-15-22(2)17-31(16-21)30-11-13-33(14-12-30)41(10)35-25(5)19-32(20-26(35)6)36-38-29(9)39-37(40-36)34-27(7)23(3)18-24(4)28(34)8/h11-20H,1-10H3. The van der Waals surface area contributed by atoms with Crippen molar-refractivity contribution in [3.8, 4) is 33.9 Å². The van der Waals surface area contributed by atoms with Crippen molar-refractivity contribution >= 4 is 11.4 Å². The van der Waals surface area contributed by atoms with Crippen LogP contribution >= 0.6 is 0 Å². The van der Waals surface area contributed by atoms with Crippen LogP contribution in [0.3, 0.4) is 0 Å². The fraction of sp³-hybridized carbons (Fsp3) is 0.270. The van der Waals surface area contributed by atoms with E-state index in [4.69, 9.17) is 15.0 Å². The van der Waals surface area contributed by atoms with Gasteiger partial charge < -0.3 is 4.90 Å². The van der Waals surface area contributed by atoms with Crippen molar-refractivity contribution in [1.82, 2.24) is 15.0 Å². The zero-order valence-corrected chi connectivity index (χ0v) is 26.1. The number of hydrogen-bond acceptors (Lipinski definition) is 4. The molecule has 0 saturated heterocycles. The van der Waals surface area contributed by atoms with Gasteiger partial charge in [0.25, 0.3) is 0 Å².